The van der Waals surface area contributed by atoms with E-state index in [-0.39, 0.29) is 6.04 Å². The number of sulfone groups is 1. The van der Waals surface area contributed by atoms with Gasteiger partial charge in [-0.25, -0.2) is 8.42 Å². The van der Waals surface area contributed by atoms with Gasteiger partial charge in [-0.2, -0.15) is 0 Å². The minimum atomic E-state index is -2.73. The van der Waals surface area contributed by atoms with Crippen LogP contribution in [-0.4, -0.2) is 45.7 Å². The summed E-state index contributed by atoms with van der Waals surface area (Å²) >= 11 is 0. The lowest BCUT2D eigenvalue weighted by Gasteiger charge is -2.12. The zero-order chi connectivity index (χ0) is 10.7. The largest absolute Gasteiger partial charge is 0.381 e. The molecule has 88 valence electrons. The molecule has 4 nitrogen and oxygen atoms in total. The van der Waals surface area contributed by atoms with Crippen molar-refractivity contribution < 1.29 is 13.2 Å². The van der Waals surface area contributed by atoms with Crippen molar-refractivity contribution in [1.29, 1.82) is 0 Å². The molecule has 0 spiro atoms. The van der Waals surface area contributed by atoms with Gasteiger partial charge in [0.25, 0.3) is 0 Å². The van der Waals surface area contributed by atoms with Crippen molar-refractivity contribution in [2.45, 2.75) is 25.3 Å². The predicted molar refractivity (Wildman–Crippen MR) is 58.6 cm³/mol. The van der Waals surface area contributed by atoms with E-state index in [0.717, 1.165) is 39.0 Å². The molecule has 0 aromatic rings. The first-order chi connectivity index (χ1) is 7.16. The maximum absolute atomic E-state index is 11.2. The molecule has 15 heavy (non-hydrogen) atoms. The Morgan fingerprint density at radius 3 is 2.80 bits per heavy atom. The van der Waals surface area contributed by atoms with Gasteiger partial charge in [-0.3, -0.25) is 0 Å². The third-order valence-corrected chi connectivity index (χ3v) is 5.01. The lowest BCUT2D eigenvalue weighted by Crippen LogP contribution is -2.31. The van der Waals surface area contributed by atoms with Crippen LogP contribution in [0.1, 0.15) is 19.3 Å². The maximum Gasteiger partial charge on any atom is 0.151 e. The number of ether oxygens (including phenoxy) is 1. The summed E-state index contributed by atoms with van der Waals surface area (Å²) in [7, 11) is -2.73. The van der Waals surface area contributed by atoms with E-state index in [2.05, 4.69) is 5.32 Å². The molecule has 0 aliphatic carbocycles. The summed E-state index contributed by atoms with van der Waals surface area (Å²) in [5.74, 6) is 1.36. The van der Waals surface area contributed by atoms with E-state index in [1.165, 1.54) is 0 Å². The molecule has 2 atom stereocenters. The fourth-order valence-corrected chi connectivity index (χ4v) is 3.97. The summed E-state index contributed by atoms with van der Waals surface area (Å²) in [6, 6.07) is 0.192. The molecule has 0 saturated carbocycles. The predicted octanol–water partition coefficient (Wildman–Crippen LogP) is 0.190. The summed E-state index contributed by atoms with van der Waals surface area (Å²) in [5, 5.41) is 3.33. The number of hydrogen-bond donors (Lipinski definition) is 1. The summed E-state index contributed by atoms with van der Waals surface area (Å²) in [6.07, 6.45) is 3.05. The van der Waals surface area contributed by atoms with Crippen LogP contribution in [0.5, 0.6) is 0 Å². The molecular formula is C10H19NO3S. The SMILES string of the molecule is O=S1(=O)CCC(NCCC2CCOC2)C1. The fraction of sp³-hybridized carbons (Fsp3) is 1.00. The van der Waals surface area contributed by atoms with E-state index < -0.39 is 9.84 Å². The van der Waals surface area contributed by atoms with Crippen LogP contribution in [0.2, 0.25) is 0 Å². The van der Waals surface area contributed by atoms with Crippen molar-refractivity contribution in [3.8, 4) is 0 Å². The smallest absolute Gasteiger partial charge is 0.151 e. The van der Waals surface area contributed by atoms with Crippen LogP contribution in [0.15, 0.2) is 0 Å². The quantitative estimate of drug-likeness (QED) is 0.753. The molecule has 2 aliphatic heterocycles. The first-order valence-electron chi connectivity index (χ1n) is 5.67. The first-order valence-corrected chi connectivity index (χ1v) is 7.49. The molecule has 0 amide bonds. The number of nitrogens with one attached hydrogen (secondary N) is 1. The Balaban J connectivity index is 1.62. The zero-order valence-electron chi connectivity index (χ0n) is 8.94. The van der Waals surface area contributed by atoms with Crippen LogP contribution in [0, 0.1) is 5.92 Å². The van der Waals surface area contributed by atoms with E-state index in [1.807, 2.05) is 0 Å². The lowest BCUT2D eigenvalue weighted by molar-refractivity contribution is 0.184. The minimum Gasteiger partial charge on any atom is -0.381 e. The van der Waals surface area contributed by atoms with Crippen molar-refractivity contribution in [3.63, 3.8) is 0 Å². The highest BCUT2D eigenvalue weighted by Gasteiger charge is 2.27. The maximum atomic E-state index is 11.2. The Kier molecular flexibility index (Phi) is 3.64. The van der Waals surface area contributed by atoms with Gasteiger partial charge in [0, 0.05) is 19.3 Å². The normalized spacial score (nSPS) is 34.7. The van der Waals surface area contributed by atoms with Crippen LogP contribution < -0.4 is 5.32 Å². The topological polar surface area (TPSA) is 55.4 Å². The third-order valence-electron chi connectivity index (χ3n) is 3.24. The Morgan fingerprint density at radius 2 is 2.20 bits per heavy atom. The molecule has 2 rings (SSSR count). The van der Waals surface area contributed by atoms with Gasteiger partial charge in [0.1, 0.15) is 0 Å². The summed E-state index contributed by atoms with van der Waals surface area (Å²) in [4.78, 5) is 0. The molecule has 2 aliphatic rings. The van der Waals surface area contributed by atoms with Gasteiger partial charge in [-0.1, -0.05) is 0 Å². The minimum absolute atomic E-state index is 0.192. The molecular weight excluding hydrogens is 214 g/mol. The average Bonchev–Trinajstić information content (AvgIpc) is 2.76. The molecule has 0 aromatic carbocycles. The van der Waals surface area contributed by atoms with Crippen LogP contribution in [-0.2, 0) is 14.6 Å². The van der Waals surface area contributed by atoms with Gasteiger partial charge in [0.2, 0.25) is 0 Å². The third kappa shape index (κ3) is 3.43. The second kappa shape index (κ2) is 4.80. The summed E-state index contributed by atoms with van der Waals surface area (Å²) in [6.45, 7) is 2.70. The molecule has 5 heteroatoms. The monoisotopic (exact) mass is 233 g/mol. The van der Waals surface area contributed by atoms with Gasteiger partial charge >= 0.3 is 0 Å². The van der Waals surface area contributed by atoms with Crippen molar-refractivity contribution in [2.24, 2.45) is 5.92 Å². The fourth-order valence-electron chi connectivity index (χ4n) is 2.26. The molecule has 2 saturated heterocycles. The molecule has 0 radical (unpaired) electrons. The lowest BCUT2D eigenvalue weighted by atomic mass is 10.1. The van der Waals surface area contributed by atoms with Gasteiger partial charge in [-0.05, 0) is 31.7 Å². The molecule has 0 aromatic heterocycles. The van der Waals surface area contributed by atoms with E-state index in [1.54, 1.807) is 0 Å². The van der Waals surface area contributed by atoms with Crippen molar-refractivity contribution >= 4 is 9.84 Å². The van der Waals surface area contributed by atoms with Crippen LogP contribution in [0.3, 0.4) is 0 Å². The Labute approximate surface area is 91.3 Å². The second-order valence-corrected chi connectivity index (χ2v) is 6.80. The van der Waals surface area contributed by atoms with Gasteiger partial charge in [-0.15, -0.1) is 0 Å². The van der Waals surface area contributed by atoms with Crippen LogP contribution in [0.25, 0.3) is 0 Å². The Morgan fingerprint density at radius 1 is 1.33 bits per heavy atom. The van der Waals surface area contributed by atoms with Crippen molar-refractivity contribution in [3.05, 3.63) is 0 Å². The van der Waals surface area contributed by atoms with Crippen molar-refractivity contribution in [1.82, 2.24) is 5.32 Å². The Hall–Kier alpha value is -0.130. The first kappa shape index (κ1) is 11.4. The summed E-state index contributed by atoms with van der Waals surface area (Å²) < 4.78 is 27.7. The molecule has 2 heterocycles. The Bertz CT molecular complexity index is 296. The van der Waals surface area contributed by atoms with Gasteiger partial charge in [0.05, 0.1) is 11.5 Å². The molecule has 1 N–H and O–H groups in total. The molecule has 2 fully saturated rings. The van der Waals surface area contributed by atoms with Crippen LogP contribution in [0.4, 0.5) is 0 Å². The zero-order valence-corrected chi connectivity index (χ0v) is 9.76. The highest BCUT2D eigenvalue weighted by Crippen LogP contribution is 2.16. The standard InChI is InChI=1S/C10H19NO3S/c12-15(13)6-3-10(8-15)11-4-1-9-2-5-14-7-9/h9-11H,1-8H2. The summed E-state index contributed by atoms with van der Waals surface area (Å²) in [5.41, 5.74) is 0. The average molecular weight is 233 g/mol. The second-order valence-electron chi connectivity index (χ2n) is 4.57. The number of hydrogen-bond acceptors (Lipinski definition) is 4. The van der Waals surface area contributed by atoms with E-state index in [0.29, 0.717) is 17.4 Å². The highest BCUT2D eigenvalue weighted by molar-refractivity contribution is 7.91. The molecule has 0 bridgehead atoms. The number of rotatable bonds is 4. The highest BCUT2D eigenvalue weighted by atomic mass is 32.2. The van der Waals surface area contributed by atoms with Gasteiger partial charge < -0.3 is 10.1 Å². The van der Waals surface area contributed by atoms with Crippen molar-refractivity contribution in [2.75, 3.05) is 31.3 Å². The van der Waals surface area contributed by atoms with E-state index in [4.69, 9.17) is 4.74 Å². The molecule has 2 unspecified atom stereocenters. The van der Waals surface area contributed by atoms with E-state index >= 15 is 0 Å². The van der Waals surface area contributed by atoms with Crippen LogP contribution >= 0.6 is 0 Å². The van der Waals surface area contributed by atoms with E-state index in [9.17, 15) is 8.42 Å². The van der Waals surface area contributed by atoms with Gasteiger partial charge in [0.15, 0.2) is 9.84 Å².